The predicted molar refractivity (Wildman–Crippen MR) is 105 cm³/mol. The minimum Gasteiger partial charge on any atom is -0.420 e. The molecule has 0 aliphatic heterocycles. The van der Waals surface area contributed by atoms with Crippen LogP contribution in [-0.4, -0.2) is 5.97 Å². The van der Waals surface area contributed by atoms with E-state index >= 15 is 0 Å². The number of esters is 1. The van der Waals surface area contributed by atoms with Gasteiger partial charge in [0.2, 0.25) is 0 Å². The summed E-state index contributed by atoms with van der Waals surface area (Å²) in [6.45, 7) is 1.70. The maximum Gasteiger partial charge on any atom is 0.395 e. The zero-order valence-corrected chi connectivity index (χ0v) is 17.5. The Morgan fingerprint density at radius 1 is 0.923 bits per heavy atom. The van der Waals surface area contributed by atoms with E-state index in [-0.39, 0.29) is 30.9 Å². The Labute approximate surface area is 175 Å². The van der Waals surface area contributed by atoms with Crippen molar-refractivity contribution in [2.24, 2.45) is 0 Å². The van der Waals surface area contributed by atoms with Gasteiger partial charge >= 0.3 is 14.7 Å². The molecule has 0 saturated carbocycles. The summed E-state index contributed by atoms with van der Waals surface area (Å²) in [6.07, 6.45) is 1.24. The topological polar surface area (TPSA) is 52.6 Å². The van der Waals surface area contributed by atoms with E-state index in [2.05, 4.69) is 0 Å². The molecule has 0 amide bonds. The van der Waals surface area contributed by atoms with Gasteiger partial charge in [-0.05, 0) is 30.2 Å². The Bertz CT molecular complexity index is 867. The second-order valence-corrected chi connectivity index (χ2v) is 7.06. The second-order valence-electron chi connectivity index (χ2n) is 4.84. The first-order valence-electron chi connectivity index (χ1n) is 6.78. The van der Waals surface area contributed by atoms with Gasteiger partial charge in [-0.1, -0.05) is 70.1 Å². The van der Waals surface area contributed by atoms with Crippen molar-refractivity contribution in [3.8, 4) is 11.5 Å². The highest BCUT2D eigenvalue weighted by Gasteiger charge is 2.22. The molecule has 0 aliphatic rings. The highest BCUT2D eigenvalue weighted by molar-refractivity contribution is 7.17. The molecule has 0 saturated heterocycles. The zero-order valence-electron chi connectivity index (χ0n) is 12.9. The summed E-state index contributed by atoms with van der Waals surface area (Å²) >= 11 is 29.8. The lowest BCUT2D eigenvalue weighted by Crippen LogP contribution is -2.06. The van der Waals surface area contributed by atoms with Crippen molar-refractivity contribution < 1.29 is 18.6 Å². The fourth-order valence-electron chi connectivity index (χ4n) is 1.89. The molecule has 2 aromatic rings. The van der Waals surface area contributed by atoms with Crippen LogP contribution in [0.4, 0.5) is 0 Å². The first-order valence-corrected chi connectivity index (χ1v) is 9.40. The van der Waals surface area contributed by atoms with Crippen LogP contribution >= 0.6 is 66.7 Å². The summed E-state index contributed by atoms with van der Waals surface area (Å²) in [6, 6.07) is 6.59. The zero-order chi connectivity index (χ0) is 19.4. The number of carbonyl (C=O) groups excluding carboxylic acids is 1. The molecule has 0 fully saturated rings. The molecule has 0 N–H and O–H groups in total. The Hall–Kier alpha value is -1.00. The van der Waals surface area contributed by atoms with Crippen LogP contribution in [0.25, 0.3) is 5.57 Å². The lowest BCUT2D eigenvalue weighted by molar-refractivity contribution is -0.128. The molecule has 0 atom stereocenters. The minimum absolute atomic E-state index is 0.0327. The van der Waals surface area contributed by atoms with Crippen molar-refractivity contribution >= 4 is 78.2 Å². The molecule has 2 rings (SSSR count). The fourth-order valence-corrected chi connectivity index (χ4v) is 3.29. The molecule has 0 heterocycles. The Kier molecular flexibility index (Phi) is 7.60. The summed E-state index contributed by atoms with van der Waals surface area (Å²) in [5.41, 5.74) is 1.32. The van der Waals surface area contributed by atoms with Crippen molar-refractivity contribution in [2.75, 3.05) is 0 Å². The van der Waals surface area contributed by atoms with E-state index in [1.165, 1.54) is 6.08 Å². The van der Waals surface area contributed by atoms with Gasteiger partial charge in [-0.25, -0.2) is 9.36 Å². The second kappa shape index (κ2) is 9.27. The SMILES string of the molecule is C/C(=C\C(=O)Oc1c(Cl)c(Cl)c(Cl)c(Cl)c1Cl)c1ccc(OP=O)cc1. The molecule has 0 unspecified atom stereocenters. The van der Waals surface area contributed by atoms with Crippen LogP contribution in [0.5, 0.6) is 11.5 Å². The molecule has 0 bridgehead atoms. The van der Waals surface area contributed by atoms with Crippen LogP contribution in [-0.2, 0) is 9.36 Å². The van der Waals surface area contributed by atoms with E-state index in [1.54, 1.807) is 31.2 Å². The third-order valence-electron chi connectivity index (χ3n) is 3.16. The Morgan fingerprint density at radius 2 is 1.42 bits per heavy atom. The lowest BCUT2D eigenvalue weighted by Gasteiger charge is -2.11. The van der Waals surface area contributed by atoms with Crippen LogP contribution in [0, 0.1) is 0 Å². The van der Waals surface area contributed by atoms with E-state index in [9.17, 15) is 9.36 Å². The van der Waals surface area contributed by atoms with Gasteiger partial charge in [0.1, 0.15) is 15.8 Å². The van der Waals surface area contributed by atoms with Crippen molar-refractivity contribution in [3.05, 3.63) is 61.0 Å². The normalized spacial score (nSPS) is 11.5. The molecule has 2 aromatic carbocycles. The van der Waals surface area contributed by atoms with Crippen molar-refractivity contribution in [1.82, 2.24) is 0 Å². The van der Waals surface area contributed by atoms with E-state index < -0.39 is 14.7 Å². The number of hydrogen-bond donors (Lipinski definition) is 0. The molecule has 0 aliphatic carbocycles. The summed E-state index contributed by atoms with van der Waals surface area (Å²) < 4.78 is 20.4. The maximum atomic E-state index is 12.2. The molecular formula is C16H8Cl5O4P. The van der Waals surface area contributed by atoms with Gasteiger partial charge in [-0.15, -0.1) is 0 Å². The quantitative estimate of drug-likeness (QED) is 0.113. The van der Waals surface area contributed by atoms with Gasteiger partial charge in [0.05, 0.1) is 15.1 Å². The molecule has 0 spiro atoms. The first-order chi connectivity index (χ1) is 12.3. The first kappa shape index (κ1) is 21.3. The monoisotopic (exact) mass is 470 g/mol. The van der Waals surface area contributed by atoms with Crippen molar-refractivity contribution in [3.63, 3.8) is 0 Å². The van der Waals surface area contributed by atoms with E-state index in [0.717, 1.165) is 5.56 Å². The van der Waals surface area contributed by atoms with E-state index in [0.29, 0.717) is 11.3 Å². The number of benzene rings is 2. The van der Waals surface area contributed by atoms with Crippen molar-refractivity contribution in [1.29, 1.82) is 0 Å². The summed E-state index contributed by atoms with van der Waals surface area (Å²) in [5, 5.41) is -0.416. The molecular weight excluding hydrogens is 464 g/mol. The smallest absolute Gasteiger partial charge is 0.395 e. The Balaban J connectivity index is 2.25. The third-order valence-corrected chi connectivity index (χ3v) is 5.69. The number of carbonyl (C=O) groups is 1. The van der Waals surface area contributed by atoms with Crippen LogP contribution < -0.4 is 9.26 Å². The molecule has 0 aromatic heterocycles. The number of hydrogen-bond acceptors (Lipinski definition) is 4. The van der Waals surface area contributed by atoms with Crippen LogP contribution in [0.2, 0.25) is 25.1 Å². The number of allylic oxidation sites excluding steroid dienone is 1. The fraction of sp³-hybridized carbons (Fsp3) is 0.0625. The molecule has 136 valence electrons. The van der Waals surface area contributed by atoms with Crippen LogP contribution in [0.15, 0.2) is 30.3 Å². The third kappa shape index (κ3) is 4.83. The average Bonchev–Trinajstić information content (AvgIpc) is 2.63. The molecule has 10 heteroatoms. The van der Waals surface area contributed by atoms with E-state index in [4.69, 9.17) is 67.3 Å². The highest BCUT2D eigenvalue weighted by atomic mass is 35.5. The van der Waals surface area contributed by atoms with E-state index in [1.807, 2.05) is 0 Å². The highest BCUT2D eigenvalue weighted by Crippen LogP contribution is 2.48. The van der Waals surface area contributed by atoms with Crippen LogP contribution in [0.3, 0.4) is 0 Å². The number of rotatable bonds is 5. The maximum absolute atomic E-state index is 12.2. The molecule has 26 heavy (non-hydrogen) atoms. The predicted octanol–water partition coefficient (Wildman–Crippen LogP) is 7.55. The molecule has 4 nitrogen and oxygen atoms in total. The van der Waals surface area contributed by atoms with Gasteiger partial charge in [0.25, 0.3) is 0 Å². The summed E-state index contributed by atoms with van der Waals surface area (Å²) in [5.74, 6) is -0.496. The lowest BCUT2D eigenvalue weighted by atomic mass is 10.1. The number of halogens is 5. The van der Waals surface area contributed by atoms with Gasteiger partial charge < -0.3 is 9.26 Å². The van der Waals surface area contributed by atoms with Gasteiger partial charge in [-0.3, -0.25) is 0 Å². The largest absolute Gasteiger partial charge is 0.420 e. The standard InChI is InChI=1S/C16H8Cl5O4P/c1-7(8-2-4-9(5-3-8)25-26-23)6-10(22)24-16-14(20)12(18)11(17)13(19)15(16)21/h2-6H,1H3/b7-6+. The minimum atomic E-state index is -0.737. The number of ether oxygens (including phenoxy) is 1. The van der Waals surface area contributed by atoms with Gasteiger partial charge in [-0.2, -0.15) is 0 Å². The van der Waals surface area contributed by atoms with Gasteiger partial charge in [0.15, 0.2) is 5.75 Å². The average molecular weight is 472 g/mol. The van der Waals surface area contributed by atoms with Crippen molar-refractivity contribution in [2.45, 2.75) is 6.92 Å². The Morgan fingerprint density at radius 3 is 1.92 bits per heavy atom. The summed E-state index contributed by atoms with van der Waals surface area (Å²) in [7, 11) is -0.451. The van der Waals surface area contributed by atoms with Gasteiger partial charge in [0, 0.05) is 6.08 Å². The van der Waals surface area contributed by atoms with Crippen LogP contribution in [0.1, 0.15) is 12.5 Å². The molecule has 0 radical (unpaired) electrons. The summed E-state index contributed by atoms with van der Waals surface area (Å²) in [4.78, 5) is 12.2.